The summed E-state index contributed by atoms with van der Waals surface area (Å²) in [4.78, 5) is 19.2. The van der Waals surface area contributed by atoms with Crippen molar-refractivity contribution in [3.05, 3.63) is 23.7 Å². The lowest BCUT2D eigenvalue weighted by molar-refractivity contribution is -0.125. The summed E-state index contributed by atoms with van der Waals surface area (Å²) in [5.41, 5.74) is 3.72. The predicted octanol–water partition coefficient (Wildman–Crippen LogP) is 2.58. The average molecular weight is 287 g/mol. The van der Waals surface area contributed by atoms with Crippen molar-refractivity contribution in [1.82, 2.24) is 9.88 Å². The molecule has 0 unspecified atom stereocenters. The van der Waals surface area contributed by atoms with E-state index in [-0.39, 0.29) is 11.8 Å². The van der Waals surface area contributed by atoms with Crippen molar-refractivity contribution in [2.45, 2.75) is 12.8 Å². The molecule has 4 heterocycles. The van der Waals surface area contributed by atoms with Gasteiger partial charge in [-0.05, 0) is 50.0 Å². The van der Waals surface area contributed by atoms with Crippen molar-refractivity contribution in [2.75, 3.05) is 25.0 Å². The van der Waals surface area contributed by atoms with Gasteiger partial charge >= 0.3 is 0 Å². The molecule has 1 atom stereocenters. The third-order valence-corrected chi connectivity index (χ3v) is 5.38. The number of hydrogen-bond acceptors (Lipinski definition) is 4. The summed E-state index contributed by atoms with van der Waals surface area (Å²) < 4.78 is 1.12. The second kappa shape index (κ2) is 4.82. The summed E-state index contributed by atoms with van der Waals surface area (Å²) in [5.74, 6) is 0.921. The van der Waals surface area contributed by atoms with Gasteiger partial charge < -0.3 is 10.2 Å². The summed E-state index contributed by atoms with van der Waals surface area (Å²) >= 11 is 1.61. The highest BCUT2D eigenvalue weighted by Crippen LogP contribution is 2.33. The molecule has 1 amide bonds. The van der Waals surface area contributed by atoms with Crippen LogP contribution in [0.4, 0.5) is 5.69 Å². The van der Waals surface area contributed by atoms with Crippen LogP contribution in [0, 0.1) is 11.8 Å². The highest BCUT2D eigenvalue weighted by atomic mass is 32.1. The fourth-order valence-corrected chi connectivity index (χ4v) is 4.15. The molecule has 104 valence electrons. The van der Waals surface area contributed by atoms with E-state index in [1.807, 2.05) is 23.7 Å². The molecule has 4 nitrogen and oxygen atoms in total. The van der Waals surface area contributed by atoms with E-state index >= 15 is 0 Å². The van der Waals surface area contributed by atoms with Gasteiger partial charge in [-0.25, -0.2) is 4.98 Å². The summed E-state index contributed by atoms with van der Waals surface area (Å²) in [6.07, 6.45) is 2.35. The molecular formula is C15H17N3OS. The van der Waals surface area contributed by atoms with Gasteiger partial charge in [-0.2, -0.15) is 0 Å². The van der Waals surface area contributed by atoms with Gasteiger partial charge in [0.1, 0.15) is 0 Å². The van der Waals surface area contributed by atoms with Crippen LogP contribution in [-0.2, 0) is 4.79 Å². The number of fused-ring (bicyclic) bond motifs is 4. The molecule has 5 heteroatoms. The van der Waals surface area contributed by atoms with Crippen LogP contribution in [-0.4, -0.2) is 35.4 Å². The normalized spacial score (nSPS) is 28.7. The fraction of sp³-hybridized carbons (Fsp3) is 0.467. The van der Waals surface area contributed by atoms with E-state index in [1.165, 1.54) is 25.9 Å². The average Bonchev–Trinajstić information content (AvgIpc) is 2.96. The lowest BCUT2D eigenvalue weighted by atomic mass is 9.78. The van der Waals surface area contributed by atoms with E-state index in [0.29, 0.717) is 5.92 Å². The summed E-state index contributed by atoms with van der Waals surface area (Å²) in [6, 6.07) is 5.94. The van der Waals surface area contributed by atoms with Crippen LogP contribution in [0.15, 0.2) is 23.7 Å². The zero-order valence-electron chi connectivity index (χ0n) is 11.2. The number of piperidine rings is 3. The van der Waals surface area contributed by atoms with E-state index in [2.05, 4.69) is 15.2 Å². The number of rotatable bonds is 2. The Morgan fingerprint density at radius 2 is 2.20 bits per heavy atom. The monoisotopic (exact) mass is 287 g/mol. The van der Waals surface area contributed by atoms with Crippen molar-refractivity contribution in [2.24, 2.45) is 11.8 Å². The molecule has 0 radical (unpaired) electrons. The van der Waals surface area contributed by atoms with E-state index in [4.69, 9.17) is 0 Å². The Bertz CT molecular complexity index is 645. The first kappa shape index (κ1) is 12.3. The molecule has 2 bridgehead atoms. The smallest absolute Gasteiger partial charge is 0.229 e. The quantitative estimate of drug-likeness (QED) is 0.923. The Balaban J connectivity index is 1.51. The van der Waals surface area contributed by atoms with Crippen molar-refractivity contribution in [3.8, 4) is 0 Å². The molecule has 5 rings (SSSR count). The summed E-state index contributed by atoms with van der Waals surface area (Å²) in [6.45, 7) is 3.27. The number of thiazole rings is 1. The second-order valence-corrected chi connectivity index (χ2v) is 6.65. The van der Waals surface area contributed by atoms with Crippen LogP contribution in [0.25, 0.3) is 10.2 Å². The Hall–Kier alpha value is -1.46. The van der Waals surface area contributed by atoms with Crippen LogP contribution >= 0.6 is 11.3 Å². The molecule has 0 spiro atoms. The topological polar surface area (TPSA) is 45.2 Å². The van der Waals surface area contributed by atoms with Gasteiger partial charge in [0.25, 0.3) is 0 Å². The molecular weight excluding hydrogens is 270 g/mol. The van der Waals surface area contributed by atoms with Gasteiger partial charge in [0.15, 0.2) is 0 Å². The SMILES string of the molecule is O=C(Nc1ccc2ncsc2c1)[C@@H]1CN2CCC1CC2. The number of anilines is 1. The van der Waals surface area contributed by atoms with E-state index in [9.17, 15) is 4.79 Å². The highest BCUT2D eigenvalue weighted by Gasteiger charge is 2.38. The Morgan fingerprint density at radius 3 is 2.95 bits per heavy atom. The lowest BCUT2D eigenvalue weighted by Gasteiger charge is -2.43. The number of hydrogen-bond donors (Lipinski definition) is 1. The number of nitrogens with one attached hydrogen (secondary N) is 1. The Kier molecular flexibility index (Phi) is 2.97. The van der Waals surface area contributed by atoms with Gasteiger partial charge in [0.2, 0.25) is 5.91 Å². The molecule has 3 aliphatic heterocycles. The van der Waals surface area contributed by atoms with E-state index in [0.717, 1.165) is 22.4 Å². The third kappa shape index (κ3) is 2.11. The van der Waals surface area contributed by atoms with Crippen LogP contribution in [0.1, 0.15) is 12.8 Å². The van der Waals surface area contributed by atoms with Gasteiger partial charge in [-0.3, -0.25) is 4.79 Å². The van der Waals surface area contributed by atoms with Gasteiger partial charge in [-0.1, -0.05) is 0 Å². The molecule has 0 aliphatic carbocycles. The molecule has 2 aromatic rings. The van der Waals surface area contributed by atoms with Crippen LogP contribution in [0.3, 0.4) is 0 Å². The number of aromatic nitrogens is 1. The molecule has 1 N–H and O–H groups in total. The van der Waals surface area contributed by atoms with Crippen molar-refractivity contribution in [3.63, 3.8) is 0 Å². The molecule has 3 saturated heterocycles. The molecule has 3 aliphatic rings. The molecule has 0 saturated carbocycles. The van der Waals surface area contributed by atoms with E-state index < -0.39 is 0 Å². The van der Waals surface area contributed by atoms with E-state index in [1.54, 1.807) is 11.3 Å². The maximum Gasteiger partial charge on any atom is 0.229 e. The minimum atomic E-state index is 0.162. The third-order valence-electron chi connectivity index (χ3n) is 4.59. The van der Waals surface area contributed by atoms with Gasteiger partial charge in [0, 0.05) is 12.2 Å². The van der Waals surface area contributed by atoms with Crippen LogP contribution in [0.5, 0.6) is 0 Å². The first-order chi connectivity index (χ1) is 9.79. The number of amides is 1. The number of carbonyl (C=O) groups is 1. The van der Waals surface area contributed by atoms with Crippen molar-refractivity contribution in [1.29, 1.82) is 0 Å². The minimum Gasteiger partial charge on any atom is -0.326 e. The Labute approximate surface area is 121 Å². The zero-order chi connectivity index (χ0) is 13.5. The largest absolute Gasteiger partial charge is 0.326 e. The number of nitrogens with zero attached hydrogens (tertiary/aromatic N) is 2. The van der Waals surface area contributed by atoms with Crippen LogP contribution in [0.2, 0.25) is 0 Å². The molecule has 3 fully saturated rings. The number of carbonyl (C=O) groups excluding carboxylic acids is 1. The molecule has 1 aromatic carbocycles. The maximum atomic E-state index is 12.5. The summed E-state index contributed by atoms with van der Waals surface area (Å²) in [5, 5.41) is 3.09. The molecule has 20 heavy (non-hydrogen) atoms. The van der Waals surface area contributed by atoms with Gasteiger partial charge in [-0.15, -0.1) is 11.3 Å². The minimum absolute atomic E-state index is 0.162. The summed E-state index contributed by atoms with van der Waals surface area (Å²) in [7, 11) is 0. The molecule has 1 aromatic heterocycles. The van der Waals surface area contributed by atoms with Crippen molar-refractivity contribution >= 4 is 33.1 Å². The zero-order valence-corrected chi connectivity index (χ0v) is 12.0. The predicted molar refractivity (Wildman–Crippen MR) is 80.9 cm³/mol. The first-order valence-corrected chi connectivity index (χ1v) is 8.04. The highest BCUT2D eigenvalue weighted by molar-refractivity contribution is 7.16. The number of benzene rings is 1. The van der Waals surface area contributed by atoms with Crippen LogP contribution < -0.4 is 5.32 Å². The first-order valence-electron chi connectivity index (χ1n) is 7.16. The second-order valence-electron chi connectivity index (χ2n) is 5.77. The standard InChI is InChI=1S/C15H17N3OS/c19-15(12-8-18-5-3-10(12)4-6-18)17-11-1-2-13-14(7-11)20-9-16-13/h1-2,7,9-10,12H,3-6,8H2,(H,17,19)/t12-/m1/s1. The van der Waals surface area contributed by atoms with Gasteiger partial charge in [0.05, 0.1) is 21.6 Å². The Morgan fingerprint density at radius 1 is 1.35 bits per heavy atom. The van der Waals surface area contributed by atoms with Crippen molar-refractivity contribution < 1.29 is 4.79 Å². The fourth-order valence-electron chi connectivity index (χ4n) is 3.43. The maximum absolute atomic E-state index is 12.5. The lowest BCUT2D eigenvalue weighted by Crippen LogP contribution is -2.51.